The van der Waals surface area contributed by atoms with Crippen LogP contribution in [0.1, 0.15) is 6.92 Å². The molecule has 0 saturated carbocycles. The first-order chi connectivity index (χ1) is 20.6. The lowest BCUT2D eigenvalue weighted by molar-refractivity contribution is -0.120. The Bertz CT molecular complexity index is 1550. The number of carbonyl (C=O) groups is 1. The fraction of sp³-hybridized carbons (Fsp3) is 0.367. The van der Waals surface area contributed by atoms with Gasteiger partial charge in [-0.2, -0.15) is 0 Å². The number of rotatable bonds is 12. The van der Waals surface area contributed by atoms with Gasteiger partial charge in [0, 0.05) is 42.2 Å². The molecule has 0 bridgehead atoms. The summed E-state index contributed by atoms with van der Waals surface area (Å²) in [7, 11) is 0. The van der Waals surface area contributed by atoms with E-state index in [9.17, 15) is 9.18 Å². The van der Waals surface area contributed by atoms with Crippen LogP contribution in [0.2, 0.25) is 5.02 Å². The molecule has 3 N–H and O–H groups in total. The van der Waals surface area contributed by atoms with E-state index >= 15 is 4.39 Å². The molecule has 3 heterocycles. The van der Waals surface area contributed by atoms with Crippen molar-refractivity contribution in [2.24, 2.45) is 5.41 Å². The van der Waals surface area contributed by atoms with Crippen molar-refractivity contribution in [2.45, 2.75) is 13.0 Å². The standard InChI is InChI=1S/C30H32ClF2N5O5/c1-18-12-38(13-27(18)42-8-7-39)6-5-23(33)29(40)37-25-10-20-24(11-26(25)43-16-30(2)14-41-15-30)34-17-35-28(20)36-19-3-4-22(32)21(31)9-19/h3-5,9-11,17,27,39H,1,6-8,12-16H2,2H3,(H,37,40)(H,34,35,36). The molecule has 13 heteroatoms. The molecule has 0 radical (unpaired) electrons. The maximum Gasteiger partial charge on any atom is 0.284 e. The number of halogens is 3. The number of nitrogens with one attached hydrogen (secondary N) is 2. The summed E-state index contributed by atoms with van der Waals surface area (Å²) in [4.78, 5) is 23.5. The van der Waals surface area contributed by atoms with E-state index in [0.717, 1.165) is 5.57 Å². The quantitative estimate of drug-likeness (QED) is 0.198. The zero-order valence-corrected chi connectivity index (χ0v) is 24.3. The van der Waals surface area contributed by atoms with Crippen LogP contribution in [0.5, 0.6) is 5.75 Å². The van der Waals surface area contributed by atoms with Gasteiger partial charge in [0.15, 0.2) is 5.83 Å². The van der Waals surface area contributed by atoms with Gasteiger partial charge in [-0.05, 0) is 35.9 Å². The van der Waals surface area contributed by atoms with Crippen LogP contribution in [0.3, 0.4) is 0 Å². The number of aliphatic hydroxyl groups excluding tert-OH is 1. The number of anilines is 3. The van der Waals surface area contributed by atoms with Crippen LogP contribution in [-0.4, -0.2) is 84.7 Å². The Hall–Kier alpha value is -3.68. The third kappa shape index (κ3) is 7.46. The highest BCUT2D eigenvalue weighted by molar-refractivity contribution is 6.31. The van der Waals surface area contributed by atoms with E-state index in [4.69, 9.17) is 30.9 Å². The van der Waals surface area contributed by atoms with E-state index in [1.54, 1.807) is 12.1 Å². The SMILES string of the molecule is C=C1CN(CC=C(F)C(=O)Nc2cc3c(Nc4ccc(F)c(Cl)c4)ncnc3cc2OCC2(C)COC2)CC1OCCO. The second-order valence-corrected chi connectivity index (χ2v) is 11.3. The van der Waals surface area contributed by atoms with Gasteiger partial charge in [-0.25, -0.2) is 18.7 Å². The minimum Gasteiger partial charge on any atom is -0.491 e. The highest BCUT2D eigenvalue weighted by Crippen LogP contribution is 2.36. The number of aromatic nitrogens is 2. The summed E-state index contributed by atoms with van der Waals surface area (Å²) in [6, 6.07) is 7.39. The van der Waals surface area contributed by atoms with Crippen LogP contribution in [0.4, 0.5) is 26.0 Å². The molecule has 2 aliphatic rings. The normalized spacial score (nSPS) is 18.5. The molecule has 228 valence electrons. The molecule has 1 amide bonds. The first-order valence-electron chi connectivity index (χ1n) is 13.6. The Morgan fingerprint density at radius 3 is 2.86 bits per heavy atom. The summed E-state index contributed by atoms with van der Waals surface area (Å²) in [5, 5.41) is 15.1. The largest absolute Gasteiger partial charge is 0.491 e. The van der Waals surface area contributed by atoms with Gasteiger partial charge < -0.3 is 30.0 Å². The number of hydrogen-bond donors (Lipinski definition) is 3. The monoisotopic (exact) mass is 615 g/mol. The van der Waals surface area contributed by atoms with E-state index in [0.29, 0.717) is 61.1 Å². The number of fused-ring (bicyclic) bond motifs is 1. The average molecular weight is 616 g/mol. The first-order valence-corrected chi connectivity index (χ1v) is 14.0. The molecule has 10 nitrogen and oxygen atoms in total. The Labute approximate surface area is 252 Å². The van der Waals surface area contributed by atoms with Gasteiger partial charge in [0.1, 0.15) is 23.7 Å². The molecule has 3 aromatic rings. The van der Waals surface area contributed by atoms with Gasteiger partial charge in [0.05, 0.1) is 55.4 Å². The Kier molecular flexibility index (Phi) is 9.52. The average Bonchev–Trinajstić information content (AvgIpc) is 3.33. The minimum absolute atomic E-state index is 0.0609. The van der Waals surface area contributed by atoms with Gasteiger partial charge in [0.2, 0.25) is 0 Å². The number of aliphatic hydroxyl groups is 1. The zero-order valence-electron chi connectivity index (χ0n) is 23.5. The van der Waals surface area contributed by atoms with E-state index in [1.807, 2.05) is 11.8 Å². The van der Waals surface area contributed by atoms with Gasteiger partial charge in [-0.15, -0.1) is 0 Å². The molecule has 0 aliphatic carbocycles. The van der Waals surface area contributed by atoms with Gasteiger partial charge >= 0.3 is 0 Å². The lowest BCUT2D eigenvalue weighted by Gasteiger charge is -2.37. The maximum absolute atomic E-state index is 15.1. The van der Waals surface area contributed by atoms with Crippen LogP contribution in [0.25, 0.3) is 10.9 Å². The fourth-order valence-corrected chi connectivity index (χ4v) is 4.88. The highest BCUT2D eigenvalue weighted by atomic mass is 35.5. The van der Waals surface area contributed by atoms with E-state index in [2.05, 4.69) is 27.2 Å². The number of amides is 1. The summed E-state index contributed by atoms with van der Waals surface area (Å²) < 4.78 is 45.7. The highest BCUT2D eigenvalue weighted by Gasteiger charge is 2.34. The Morgan fingerprint density at radius 2 is 2.14 bits per heavy atom. The van der Waals surface area contributed by atoms with Crippen LogP contribution in [0.15, 0.2) is 60.7 Å². The molecule has 2 saturated heterocycles. The molecule has 1 unspecified atom stereocenters. The predicted octanol–water partition coefficient (Wildman–Crippen LogP) is 4.62. The Morgan fingerprint density at radius 1 is 1.33 bits per heavy atom. The molecule has 1 atom stereocenters. The predicted molar refractivity (Wildman–Crippen MR) is 159 cm³/mol. The van der Waals surface area contributed by atoms with Gasteiger partial charge in [0.25, 0.3) is 5.91 Å². The molecular formula is C30H32ClF2N5O5. The molecule has 2 aliphatic heterocycles. The summed E-state index contributed by atoms with van der Waals surface area (Å²) in [5.74, 6) is -1.82. The lowest BCUT2D eigenvalue weighted by Crippen LogP contribution is -2.44. The van der Waals surface area contributed by atoms with Crippen molar-refractivity contribution >= 4 is 45.6 Å². The van der Waals surface area contributed by atoms with E-state index in [-0.39, 0.29) is 42.0 Å². The zero-order chi connectivity index (χ0) is 30.6. The maximum atomic E-state index is 15.1. The third-order valence-corrected chi connectivity index (χ3v) is 7.40. The summed E-state index contributed by atoms with van der Waals surface area (Å²) in [6.45, 7) is 8.58. The van der Waals surface area contributed by atoms with Crippen molar-refractivity contribution < 1.29 is 32.9 Å². The second-order valence-electron chi connectivity index (χ2n) is 10.9. The van der Waals surface area contributed by atoms with Crippen molar-refractivity contribution in [3.8, 4) is 5.75 Å². The molecule has 0 spiro atoms. The molecular weight excluding hydrogens is 584 g/mol. The van der Waals surface area contributed by atoms with Crippen LogP contribution in [0, 0.1) is 11.2 Å². The number of hydrogen-bond acceptors (Lipinski definition) is 9. The van der Waals surface area contributed by atoms with Crippen molar-refractivity contribution in [2.75, 3.05) is 63.3 Å². The number of benzene rings is 2. The number of nitrogens with zero attached hydrogens (tertiary/aromatic N) is 3. The van der Waals surface area contributed by atoms with Crippen LogP contribution < -0.4 is 15.4 Å². The minimum atomic E-state index is -0.973. The Balaban J connectivity index is 1.37. The molecule has 5 rings (SSSR count). The van der Waals surface area contributed by atoms with Gasteiger partial charge in [-0.1, -0.05) is 25.1 Å². The van der Waals surface area contributed by atoms with E-state index < -0.39 is 17.6 Å². The third-order valence-electron chi connectivity index (χ3n) is 7.11. The molecule has 2 aromatic carbocycles. The van der Waals surface area contributed by atoms with Crippen LogP contribution in [-0.2, 0) is 14.3 Å². The first kappa shape index (κ1) is 30.8. The number of ether oxygens (including phenoxy) is 3. The summed E-state index contributed by atoms with van der Waals surface area (Å²) in [6.07, 6.45) is 2.29. The summed E-state index contributed by atoms with van der Waals surface area (Å²) in [5.41, 5.74) is 1.83. The lowest BCUT2D eigenvalue weighted by atomic mass is 9.90. The number of carbonyl (C=O) groups excluding carboxylic acids is 1. The molecule has 1 aromatic heterocycles. The van der Waals surface area contributed by atoms with Crippen molar-refractivity contribution in [3.63, 3.8) is 0 Å². The summed E-state index contributed by atoms with van der Waals surface area (Å²) >= 11 is 5.94. The van der Waals surface area contributed by atoms with Crippen molar-refractivity contribution in [1.82, 2.24) is 14.9 Å². The van der Waals surface area contributed by atoms with Crippen LogP contribution >= 0.6 is 11.6 Å². The molecule has 43 heavy (non-hydrogen) atoms. The smallest absolute Gasteiger partial charge is 0.284 e. The fourth-order valence-electron chi connectivity index (χ4n) is 4.70. The topological polar surface area (TPSA) is 118 Å². The molecule has 2 fully saturated rings. The van der Waals surface area contributed by atoms with Crippen molar-refractivity contribution in [3.05, 3.63) is 71.6 Å². The van der Waals surface area contributed by atoms with E-state index in [1.165, 1.54) is 30.6 Å². The number of likely N-dealkylation sites (tertiary alicyclic amines) is 1. The second kappa shape index (κ2) is 13.3. The van der Waals surface area contributed by atoms with Crippen molar-refractivity contribution in [1.29, 1.82) is 0 Å². The van der Waals surface area contributed by atoms with Gasteiger partial charge in [-0.3, -0.25) is 9.69 Å².